The van der Waals surface area contributed by atoms with Gasteiger partial charge in [-0.1, -0.05) is 19.9 Å². The van der Waals surface area contributed by atoms with Crippen molar-refractivity contribution in [2.45, 2.75) is 251 Å². The van der Waals surface area contributed by atoms with E-state index in [9.17, 15) is 122 Å². The number of aliphatic hydroxyl groups is 25. The standard InChI is InChI=1S/C56H98O33/c1-24-21-55-14-5-31-53(2,12-4-13-54(31,3)52(82)88-49(80)44(36(70)27(64)9-18-59)86-48(79)40(74)34(68)26(63)8-17-58)32(55)6-15-56(24,23-55)89-50(81)45(87-51-42(76)38(72)37(71)30(22-61)84-51)43(29(66)10-19-60)85-47(78)41(75)35(69)28(65)11-20-83-46(77)39(73)33(67)25(62)7-16-57/h25-35,37-43,45-51,57-81H,1,4-23H2,2-3H3/b44-36-/t25?,26?,27?,28?,29?,30?,31?,32-,33?,34?,35?,37?,38?,39?,40?,41?,42?,43?,45?,46?,47?,48?,49?,50?,51?,53+,54+,55?,56?/m0/s1. The molecule has 5 aliphatic rings. The lowest BCUT2D eigenvalue weighted by molar-refractivity contribution is -0.358. The van der Waals surface area contributed by atoms with Gasteiger partial charge in [-0.25, -0.2) is 0 Å². The zero-order valence-electron chi connectivity index (χ0n) is 49.7. The molecule has 2 bridgehead atoms. The first kappa shape index (κ1) is 77.1. The molecular weight excluding hydrogens is 1200 g/mol. The van der Waals surface area contributed by atoms with Crippen LogP contribution < -0.4 is 0 Å². The van der Waals surface area contributed by atoms with E-state index in [1.807, 2.05) is 6.92 Å². The molecule has 1 heterocycles. The van der Waals surface area contributed by atoms with Gasteiger partial charge in [0.2, 0.25) is 12.0 Å². The van der Waals surface area contributed by atoms with Crippen molar-refractivity contribution in [2.24, 2.45) is 28.1 Å². The van der Waals surface area contributed by atoms with Crippen LogP contribution >= 0.6 is 0 Å². The van der Waals surface area contributed by atoms with Gasteiger partial charge in [-0.2, -0.15) is 0 Å². The van der Waals surface area contributed by atoms with Gasteiger partial charge in [0.15, 0.2) is 30.9 Å². The van der Waals surface area contributed by atoms with E-state index in [1.54, 1.807) is 6.92 Å². The fourth-order valence-electron chi connectivity index (χ4n) is 14.2. The molecule has 33 nitrogen and oxygen atoms in total. The summed E-state index contributed by atoms with van der Waals surface area (Å²) >= 11 is 0. The quantitative estimate of drug-likeness (QED) is 0.0119. The van der Waals surface area contributed by atoms with Crippen LogP contribution in [0, 0.1) is 28.1 Å². The first-order valence-electron chi connectivity index (χ1n) is 29.9. The third kappa shape index (κ3) is 17.3. The highest BCUT2D eigenvalue weighted by molar-refractivity contribution is 5.77. The maximum atomic E-state index is 14.6. The molecule has 5 fully saturated rings. The fraction of sp³-hybridized carbons (Fsp3) is 0.911. The fourth-order valence-corrected chi connectivity index (χ4v) is 14.2. The highest BCUT2D eigenvalue weighted by Crippen LogP contribution is 2.73. The van der Waals surface area contributed by atoms with Gasteiger partial charge < -0.3 is 161 Å². The zero-order chi connectivity index (χ0) is 66.8. The molecule has 1 aliphatic heterocycles. The average molecular weight is 1300 g/mol. The Labute approximate surface area is 512 Å². The number of hydrogen-bond donors (Lipinski definition) is 25. The predicted octanol–water partition coefficient (Wildman–Crippen LogP) is -8.51. The van der Waals surface area contributed by atoms with Gasteiger partial charge in [0.25, 0.3) is 6.29 Å². The first-order valence-corrected chi connectivity index (χ1v) is 29.9. The van der Waals surface area contributed by atoms with Gasteiger partial charge in [0, 0.05) is 32.8 Å². The summed E-state index contributed by atoms with van der Waals surface area (Å²) in [7, 11) is 0. The lowest BCUT2D eigenvalue weighted by Gasteiger charge is -2.64. The van der Waals surface area contributed by atoms with Gasteiger partial charge in [0.1, 0.15) is 79.4 Å². The Bertz CT molecular complexity index is 2220. The van der Waals surface area contributed by atoms with Gasteiger partial charge >= 0.3 is 5.97 Å². The molecule has 5 rings (SSSR count). The second kappa shape index (κ2) is 33.2. The summed E-state index contributed by atoms with van der Waals surface area (Å²) < 4.78 is 39.6. The normalized spacial score (nSPS) is 35.3. The molecule has 0 aromatic carbocycles. The molecule has 1 spiro atoms. The molecule has 4 aliphatic carbocycles. The Kier molecular flexibility index (Phi) is 28.7. The Morgan fingerprint density at radius 3 is 1.71 bits per heavy atom. The summed E-state index contributed by atoms with van der Waals surface area (Å²) in [5.41, 5.74) is -3.76. The maximum Gasteiger partial charge on any atom is 0.314 e. The molecule has 33 heteroatoms. The number of aliphatic hydroxyl groups excluding tert-OH is 25. The van der Waals surface area contributed by atoms with Crippen LogP contribution in [0.25, 0.3) is 0 Å². The molecular formula is C56H98O33. The zero-order valence-corrected chi connectivity index (χ0v) is 49.7. The van der Waals surface area contributed by atoms with Crippen molar-refractivity contribution in [3.63, 3.8) is 0 Å². The topological polar surface area (TPSA) is 587 Å². The van der Waals surface area contributed by atoms with E-state index >= 15 is 0 Å². The van der Waals surface area contributed by atoms with E-state index in [4.69, 9.17) is 43.4 Å². The number of fused-ring (bicyclic) bond motifs is 3. The second-order valence-corrected chi connectivity index (χ2v) is 24.9. The predicted molar refractivity (Wildman–Crippen MR) is 294 cm³/mol. The van der Waals surface area contributed by atoms with Crippen molar-refractivity contribution < 1.29 is 166 Å². The number of hydrogen-bond acceptors (Lipinski definition) is 33. The monoisotopic (exact) mass is 1300 g/mol. The molecule has 26 unspecified atom stereocenters. The molecule has 0 radical (unpaired) electrons. The van der Waals surface area contributed by atoms with Gasteiger partial charge in [-0.3, -0.25) is 4.79 Å². The van der Waals surface area contributed by atoms with Crippen LogP contribution in [0.15, 0.2) is 23.7 Å². The smallest absolute Gasteiger partial charge is 0.314 e. The van der Waals surface area contributed by atoms with Crippen LogP contribution in [0.3, 0.4) is 0 Å². The lowest BCUT2D eigenvalue weighted by atomic mass is 9.41. The highest BCUT2D eigenvalue weighted by atomic mass is 16.7. The summed E-state index contributed by atoms with van der Waals surface area (Å²) in [5.74, 6) is -4.15. The first-order chi connectivity index (χ1) is 41.7. The van der Waals surface area contributed by atoms with Crippen LogP contribution in [0.2, 0.25) is 0 Å². The third-order valence-electron chi connectivity index (χ3n) is 19.1. The number of ether oxygens (including phenoxy) is 7. The minimum Gasteiger partial charge on any atom is -0.506 e. The number of rotatable bonds is 37. The molecule has 4 saturated carbocycles. The maximum absolute atomic E-state index is 14.6. The van der Waals surface area contributed by atoms with Crippen LogP contribution in [-0.4, -0.2) is 320 Å². The Morgan fingerprint density at radius 2 is 1.13 bits per heavy atom. The molecule has 520 valence electrons. The van der Waals surface area contributed by atoms with E-state index in [0.717, 1.165) is 0 Å². The highest BCUT2D eigenvalue weighted by Gasteiger charge is 2.69. The van der Waals surface area contributed by atoms with Crippen molar-refractivity contribution in [3.8, 4) is 0 Å². The molecule has 29 atom stereocenters. The van der Waals surface area contributed by atoms with E-state index in [1.165, 1.54) is 0 Å². The van der Waals surface area contributed by atoms with Crippen molar-refractivity contribution in [1.29, 1.82) is 0 Å². The van der Waals surface area contributed by atoms with Crippen LogP contribution in [-0.2, 0) is 38.0 Å². The molecule has 0 aromatic heterocycles. The summed E-state index contributed by atoms with van der Waals surface area (Å²) in [6.45, 7) is 3.62. The van der Waals surface area contributed by atoms with E-state index in [2.05, 4.69) is 6.58 Å². The summed E-state index contributed by atoms with van der Waals surface area (Å²) in [4.78, 5) is 14.6. The summed E-state index contributed by atoms with van der Waals surface area (Å²) in [6, 6.07) is 0. The van der Waals surface area contributed by atoms with E-state index in [-0.39, 0.29) is 38.0 Å². The van der Waals surface area contributed by atoms with Crippen molar-refractivity contribution in [2.75, 3.05) is 39.6 Å². The second-order valence-electron chi connectivity index (χ2n) is 24.9. The van der Waals surface area contributed by atoms with Crippen LogP contribution in [0.1, 0.15) is 104 Å². The third-order valence-corrected chi connectivity index (χ3v) is 19.1. The number of carbonyl (C=O) groups excluding carboxylic acids is 1. The number of carbonyl (C=O) groups is 1. The van der Waals surface area contributed by atoms with Crippen molar-refractivity contribution in [1.82, 2.24) is 0 Å². The average Bonchev–Trinajstić information content (AvgIpc) is 1.64. The van der Waals surface area contributed by atoms with E-state index in [0.29, 0.717) is 37.7 Å². The largest absolute Gasteiger partial charge is 0.506 e. The summed E-state index contributed by atoms with van der Waals surface area (Å²) in [5, 5.41) is 263. The minimum atomic E-state index is -2.66. The van der Waals surface area contributed by atoms with Crippen molar-refractivity contribution in [3.05, 3.63) is 23.7 Å². The van der Waals surface area contributed by atoms with Crippen LogP contribution in [0.4, 0.5) is 0 Å². The van der Waals surface area contributed by atoms with Gasteiger partial charge in [0.05, 0.1) is 48.6 Å². The Morgan fingerprint density at radius 1 is 0.596 bits per heavy atom. The van der Waals surface area contributed by atoms with E-state index < -0.39 is 252 Å². The Balaban J connectivity index is 1.39. The van der Waals surface area contributed by atoms with Gasteiger partial charge in [-0.15, -0.1) is 0 Å². The van der Waals surface area contributed by atoms with Crippen LogP contribution in [0.5, 0.6) is 0 Å². The summed E-state index contributed by atoms with van der Waals surface area (Å²) in [6.07, 6.45) is -49.6. The molecule has 0 amide bonds. The minimum absolute atomic E-state index is 0.104. The molecule has 0 aromatic rings. The van der Waals surface area contributed by atoms with Gasteiger partial charge in [-0.05, 0) is 112 Å². The Hall–Kier alpha value is -2.61. The molecule has 1 saturated heterocycles. The van der Waals surface area contributed by atoms with Crippen molar-refractivity contribution >= 4 is 5.97 Å². The SMILES string of the molecule is C=C1CC23CCC4[C@](C)(C(=O)OC(O)/C(OC(O)C(O)C(O)C(O)CCO)=C(/O)C(O)CCO)CCC[C@@]4(C)[C@@H]2CCC1(OC(O)C(OC1OC(CO)C(O)C(O)C1O)C(OC(O)C(O)C(O)C(O)CCOC(O)C(O)C(O)C(O)CCO)C(O)CCO)C3. The lowest BCUT2D eigenvalue weighted by Crippen LogP contribution is -2.63. The molecule has 25 N–H and O–H groups in total. The molecule has 89 heavy (non-hydrogen) atoms. The number of esters is 1.